The second-order valence-corrected chi connectivity index (χ2v) is 10.1. The van der Waals surface area contributed by atoms with Crippen LogP contribution in [0, 0.1) is 17.8 Å². The van der Waals surface area contributed by atoms with Crippen LogP contribution in [-0.4, -0.2) is 53.7 Å². The van der Waals surface area contributed by atoms with Crippen LogP contribution in [-0.2, 0) is 23.9 Å². The molecule has 1 heterocycles. The first kappa shape index (κ1) is 24.2. The second kappa shape index (κ2) is 8.55. The number of hydrogen-bond acceptors (Lipinski definition) is 8. The number of ketones is 2. The molecule has 1 aromatic rings. The number of ether oxygens (including phenoxy) is 2. The van der Waals surface area contributed by atoms with Gasteiger partial charge in [-0.2, -0.15) is 4.90 Å². The molecule has 0 spiro atoms. The van der Waals surface area contributed by atoms with E-state index in [1.54, 1.807) is 19.1 Å². The second-order valence-electron chi connectivity index (χ2n) is 9.26. The minimum absolute atomic E-state index is 0.0962. The van der Waals surface area contributed by atoms with Crippen LogP contribution in [0.4, 0.5) is 4.79 Å². The molecule has 1 N–H and O–H groups in total. The number of hydrogen-bond donors (Lipinski definition) is 1. The molecule has 5 rings (SSSR count). The standard InChI is InChI=1S/C26H22BrNO8/c1-10-6-17(29)21-15(22(10)30)9-14-12(19(21)11-7-16(27)23(31)18(8-11)35-2)4-5-13-20(14)25(33)28(24(13)32)26(34)36-3/h4,6-8,13-14,19-20,31H,5,9H2,1-3H3. The van der Waals surface area contributed by atoms with E-state index in [9.17, 15) is 29.1 Å². The maximum Gasteiger partial charge on any atom is 0.423 e. The van der Waals surface area contributed by atoms with Gasteiger partial charge in [-0.25, -0.2) is 4.79 Å². The van der Waals surface area contributed by atoms with Gasteiger partial charge in [0.25, 0.3) is 0 Å². The smallest absolute Gasteiger partial charge is 0.423 e. The molecule has 0 radical (unpaired) electrons. The molecule has 3 aliphatic carbocycles. The van der Waals surface area contributed by atoms with E-state index >= 15 is 0 Å². The van der Waals surface area contributed by atoms with Gasteiger partial charge in [0.15, 0.2) is 23.1 Å². The van der Waals surface area contributed by atoms with Crippen molar-refractivity contribution in [1.82, 2.24) is 4.90 Å². The number of carbonyl (C=O) groups excluding carboxylic acids is 5. The minimum atomic E-state index is -1.04. The first-order valence-corrected chi connectivity index (χ1v) is 12.1. The summed E-state index contributed by atoms with van der Waals surface area (Å²) in [6.45, 7) is 1.57. The number of likely N-dealkylation sites (tertiary alicyclic amines) is 1. The Balaban J connectivity index is 1.71. The Hall–Kier alpha value is -3.53. The van der Waals surface area contributed by atoms with Gasteiger partial charge in [-0.15, -0.1) is 0 Å². The van der Waals surface area contributed by atoms with E-state index in [1.165, 1.54) is 13.2 Å². The van der Waals surface area contributed by atoms with Crippen molar-refractivity contribution in [3.8, 4) is 11.5 Å². The number of methoxy groups -OCH3 is 2. The number of rotatable bonds is 2. The summed E-state index contributed by atoms with van der Waals surface area (Å²) in [5, 5.41) is 10.3. The van der Waals surface area contributed by atoms with E-state index in [4.69, 9.17) is 4.74 Å². The Bertz CT molecular complexity index is 1370. The lowest BCUT2D eigenvalue weighted by molar-refractivity contribution is -0.137. The molecule has 0 aromatic heterocycles. The molecule has 1 fully saturated rings. The van der Waals surface area contributed by atoms with Crippen molar-refractivity contribution in [3.05, 3.63) is 56.6 Å². The van der Waals surface area contributed by atoms with Crippen molar-refractivity contribution in [1.29, 1.82) is 0 Å². The molecule has 1 saturated heterocycles. The highest BCUT2D eigenvalue weighted by Gasteiger charge is 2.58. The zero-order valence-corrected chi connectivity index (χ0v) is 21.2. The number of phenolic OH excluding ortho intramolecular Hbond substituents is 1. The zero-order chi connectivity index (χ0) is 26.0. The highest BCUT2D eigenvalue weighted by atomic mass is 79.9. The van der Waals surface area contributed by atoms with Gasteiger partial charge in [-0.1, -0.05) is 11.6 Å². The van der Waals surface area contributed by atoms with E-state index in [0.29, 0.717) is 31.7 Å². The van der Waals surface area contributed by atoms with Crippen LogP contribution in [0.25, 0.3) is 0 Å². The molecule has 1 aliphatic heterocycles. The van der Waals surface area contributed by atoms with Crippen molar-refractivity contribution in [2.75, 3.05) is 14.2 Å². The summed E-state index contributed by atoms with van der Waals surface area (Å²) in [5.41, 5.74) is 2.21. The summed E-state index contributed by atoms with van der Waals surface area (Å²) in [4.78, 5) is 65.6. The van der Waals surface area contributed by atoms with Crippen LogP contribution in [0.3, 0.4) is 0 Å². The molecule has 0 saturated carbocycles. The number of benzene rings is 1. The van der Waals surface area contributed by atoms with Gasteiger partial charge >= 0.3 is 6.09 Å². The van der Waals surface area contributed by atoms with Crippen LogP contribution in [0.5, 0.6) is 11.5 Å². The predicted octanol–water partition coefficient (Wildman–Crippen LogP) is 3.36. The Morgan fingerprint density at radius 1 is 1.11 bits per heavy atom. The number of amides is 3. The van der Waals surface area contributed by atoms with E-state index < -0.39 is 41.6 Å². The van der Waals surface area contributed by atoms with E-state index in [2.05, 4.69) is 20.7 Å². The average molecular weight is 556 g/mol. The van der Waals surface area contributed by atoms with Gasteiger partial charge in [0.2, 0.25) is 11.8 Å². The summed E-state index contributed by atoms with van der Waals surface area (Å²) >= 11 is 3.33. The monoisotopic (exact) mass is 555 g/mol. The van der Waals surface area contributed by atoms with E-state index in [1.807, 2.05) is 6.08 Å². The number of Topliss-reactive ketones (excluding diaryl/α,β-unsaturated/α-hetero) is 1. The number of carbonyl (C=O) groups is 5. The van der Waals surface area contributed by atoms with Gasteiger partial charge in [0, 0.05) is 22.6 Å². The topological polar surface area (TPSA) is 127 Å². The van der Waals surface area contributed by atoms with Crippen LogP contribution in [0.1, 0.15) is 31.2 Å². The summed E-state index contributed by atoms with van der Waals surface area (Å²) < 4.78 is 10.3. The fourth-order valence-corrected chi connectivity index (χ4v) is 6.41. The molecule has 3 amide bonds. The molecule has 4 atom stereocenters. The van der Waals surface area contributed by atoms with Crippen LogP contribution < -0.4 is 4.74 Å². The number of imide groups is 3. The highest BCUT2D eigenvalue weighted by Crippen LogP contribution is 2.56. The van der Waals surface area contributed by atoms with Gasteiger partial charge in [-0.05, 0) is 65.4 Å². The Kier molecular flexibility index (Phi) is 5.74. The molecule has 0 bridgehead atoms. The summed E-state index contributed by atoms with van der Waals surface area (Å²) in [7, 11) is 2.50. The molecular formula is C26H22BrNO8. The molecular weight excluding hydrogens is 534 g/mol. The fourth-order valence-electron chi connectivity index (χ4n) is 5.95. The van der Waals surface area contributed by atoms with E-state index in [-0.39, 0.29) is 35.9 Å². The van der Waals surface area contributed by atoms with Crippen LogP contribution in [0.2, 0.25) is 0 Å². The molecule has 186 valence electrons. The van der Waals surface area contributed by atoms with Gasteiger partial charge in [0.1, 0.15) is 0 Å². The third-order valence-corrected chi connectivity index (χ3v) is 8.13. The first-order valence-electron chi connectivity index (χ1n) is 11.3. The largest absolute Gasteiger partial charge is 0.503 e. The number of nitrogens with zero attached hydrogens (tertiary/aromatic N) is 1. The minimum Gasteiger partial charge on any atom is -0.503 e. The zero-order valence-electron chi connectivity index (χ0n) is 19.7. The number of phenols is 1. The van der Waals surface area contributed by atoms with Gasteiger partial charge < -0.3 is 14.6 Å². The quantitative estimate of drug-likeness (QED) is 0.334. The van der Waals surface area contributed by atoms with Crippen molar-refractivity contribution in [3.63, 3.8) is 0 Å². The van der Waals surface area contributed by atoms with Crippen LogP contribution >= 0.6 is 15.9 Å². The van der Waals surface area contributed by atoms with Crippen LogP contribution in [0.15, 0.2) is 51.0 Å². The number of halogens is 1. The number of aromatic hydroxyl groups is 1. The predicted molar refractivity (Wildman–Crippen MR) is 128 cm³/mol. The Morgan fingerprint density at radius 3 is 2.50 bits per heavy atom. The third-order valence-electron chi connectivity index (χ3n) is 7.52. The van der Waals surface area contributed by atoms with Crippen molar-refractivity contribution in [2.24, 2.45) is 17.8 Å². The van der Waals surface area contributed by atoms with Gasteiger partial charge in [0.05, 0.1) is 30.5 Å². The average Bonchev–Trinajstić information content (AvgIpc) is 3.12. The summed E-state index contributed by atoms with van der Waals surface area (Å²) in [5.74, 6) is -4.76. The molecule has 4 unspecified atom stereocenters. The molecule has 9 nitrogen and oxygen atoms in total. The number of fused-ring (bicyclic) bond motifs is 3. The third kappa shape index (κ3) is 3.31. The molecule has 1 aromatic carbocycles. The van der Waals surface area contributed by atoms with Crippen molar-refractivity contribution >= 4 is 45.4 Å². The number of allylic oxidation sites excluding steroid dienone is 6. The highest BCUT2D eigenvalue weighted by molar-refractivity contribution is 9.10. The summed E-state index contributed by atoms with van der Waals surface area (Å²) in [6.07, 6.45) is 2.40. The lowest BCUT2D eigenvalue weighted by Gasteiger charge is -2.42. The Labute approximate surface area is 214 Å². The van der Waals surface area contributed by atoms with E-state index in [0.717, 1.165) is 12.7 Å². The fraction of sp³-hybridized carbons (Fsp3) is 0.346. The molecule has 36 heavy (non-hydrogen) atoms. The van der Waals surface area contributed by atoms with Crippen molar-refractivity contribution in [2.45, 2.75) is 25.7 Å². The maximum absolute atomic E-state index is 13.4. The molecule has 4 aliphatic rings. The molecule has 10 heteroatoms. The normalized spacial score (nSPS) is 27.3. The van der Waals surface area contributed by atoms with Crippen molar-refractivity contribution < 1.29 is 38.6 Å². The lowest BCUT2D eigenvalue weighted by Crippen LogP contribution is -2.40. The maximum atomic E-state index is 13.4. The Morgan fingerprint density at radius 2 is 1.83 bits per heavy atom. The summed E-state index contributed by atoms with van der Waals surface area (Å²) in [6, 6.07) is 3.24. The van der Waals surface area contributed by atoms with Gasteiger partial charge in [-0.3, -0.25) is 19.2 Å². The lowest BCUT2D eigenvalue weighted by atomic mass is 9.59. The SMILES string of the molecule is COC(=O)N1C(=O)C2CC=C3C(c4cc(Br)c(O)c(OC)c4)C4=C(CC3C2C1=O)C(=O)C(C)=CC4=O. The first-order chi connectivity index (χ1) is 17.1.